The van der Waals surface area contributed by atoms with E-state index in [1.807, 2.05) is 0 Å². The molecule has 14 heavy (non-hydrogen) atoms. The zero-order valence-corrected chi connectivity index (χ0v) is 8.00. The molecule has 1 aromatic heterocycles. The number of hydrogen-bond acceptors (Lipinski definition) is 3. The summed E-state index contributed by atoms with van der Waals surface area (Å²) in [6.45, 7) is 0.488. The van der Waals surface area contributed by atoms with Gasteiger partial charge in [-0.15, -0.1) is 0 Å². The summed E-state index contributed by atoms with van der Waals surface area (Å²) in [7, 11) is 0. The third-order valence-electron chi connectivity index (χ3n) is 1.60. The Hall–Kier alpha value is -1.23. The number of hydrogen-bond donors (Lipinski definition) is 1. The van der Waals surface area contributed by atoms with Crippen LogP contribution in [0.4, 0.5) is 8.78 Å². The van der Waals surface area contributed by atoms with E-state index in [9.17, 15) is 8.78 Å². The number of nitrogens with two attached hydrogens (primary N) is 1. The Labute approximate surface area is 80.9 Å². The second-order valence-electron chi connectivity index (χ2n) is 3.45. The van der Waals surface area contributed by atoms with Crippen LogP contribution in [0.5, 0.6) is 5.75 Å². The van der Waals surface area contributed by atoms with Crippen molar-refractivity contribution < 1.29 is 13.5 Å². The van der Waals surface area contributed by atoms with Gasteiger partial charge in [-0.2, -0.15) is 8.78 Å². The van der Waals surface area contributed by atoms with Crippen LogP contribution < -0.4 is 10.5 Å². The molecule has 0 aromatic carbocycles. The lowest BCUT2D eigenvalue weighted by molar-refractivity contribution is -0.0512. The minimum Gasteiger partial charge on any atom is -0.433 e. The van der Waals surface area contributed by atoms with Crippen molar-refractivity contribution in [2.75, 3.05) is 0 Å². The summed E-state index contributed by atoms with van der Waals surface area (Å²) >= 11 is 0. The van der Waals surface area contributed by atoms with Gasteiger partial charge >= 0.3 is 6.61 Å². The van der Waals surface area contributed by atoms with E-state index in [1.54, 1.807) is 13.8 Å². The molecule has 0 aliphatic heterocycles. The molecule has 0 aliphatic carbocycles. The van der Waals surface area contributed by atoms with E-state index in [1.165, 1.54) is 18.3 Å². The van der Waals surface area contributed by atoms with Crippen LogP contribution >= 0.6 is 0 Å². The fourth-order valence-electron chi connectivity index (χ4n) is 1.07. The van der Waals surface area contributed by atoms with E-state index in [-0.39, 0.29) is 5.75 Å². The lowest BCUT2D eigenvalue weighted by Crippen LogP contribution is -2.30. The molecule has 0 atom stereocenters. The van der Waals surface area contributed by atoms with Crippen molar-refractivity contribution in [3.05, 3.63) is 24.0 Å². The van der Waals surface area contributed by atoms with E-state index in [0.717, 1.165) is 0 Å². The van der Waals surface area contributed by atoms with Gasteiger partial charge in [-0.1, -0.05) is 0 Å². The van der Waals surface area contributed by atoms with Gasteiger partial charge in [0.25, 0.3) is 0 Å². The van der Waals surface area contributed by atoms with Gasteiger partial charge in [0.1, 0.15) is 11.4 Å². The van der Waals surface area contributed by atoms with Crippen molar-refractivity contribution in [3.63, 3.8) is 0 Å². The number of ether oxygens (including phenoxy) is 1. The average molecular weight is 202 g/mol. The first-order valence-electron chi connectivity index (χ1n) is 4.10. The van der Waals surface area contributed by atoms with E-state index in [0.29, 0.717) is 5.69 Å². The van der Waals surface area contributed by atoms with Crippen LogP contribution in [-0.2, 0) is 5.54 Å². The molecule has 0 amide bonds. The Morgan fingerprint density at radius 1 is 1.50 bits per heavy atom. The highest BCUT2D eigenvalue weighted by atomic mass is 19.3. The highest BCUT2D eigenvalue weighted by molar-refractivity contribution is 5.31. The summed E-state index contributed by atoms with van der Waals surface area (Å²) < 4.78 is 28.3. The minimum absolute atomic E-state index is 0.0231. The van der Waals surface area contributed by atoms with Gasteiger partial charge in [0.2, 0.25) is 0 Å². The molecule has 78 valence electrons. The van der Waals surface area contributed by atoms with Gasteiger partial charge < -0.3 is 10.5 Å². The van der Waals surface area contributed by atoms with E-state index < -0.39 is 12.2 Å². The van der Waals surface area contributed by atoms with Crippen LogP contribution in [0.1, 0.15) is 19.5 Å². The largest absolute Gasteiger partial charge is 0.433 e. The Morgan fingerprint density at radius 2 is 2.14 bits per heavy atom. The number of rotatable bonds is 3. The molecular formula is C9H12F2N2O. The summed E-state index contributed by atoms with van der Waals surface area (Å²) in [6, 6.07) is 2.94. The normalized spacial score (nSPS) is 11.9. The summed E-state index contributed by atoms with van der Waals surface area (Å²) in [6.07, 6.45) is 1.49. The maximum Gasteiger partial charge on any atom is 0.387 e. The molecule has 3 nitrogen and oxygen atoms in total. The first-order valence-corrected chi connectivity index (χ1v) is 4.10. The van der Waals surface area contributed by atoms with Crippen LogP contribution in [-0.4, -0.2) is 11.6 Å². The van der Waals surface area contributed by atoms with Crippen LogP contribution in [0.25, 0.3) is 0 Å². The molecule has 0 aliphatic rings. The van der Waals surface area contributed by atoms with Gasteiger partial charge in [0.15, 0.2) is 0 Å². The van der Waals surface area contributed by atoms with Crippen molar-refractivity contribution in [1.82, 2.24) is 4.98 Å². The molecule has 2 N–H and O–H groups in total. The molecule has 1 heterocycles. The fourth-order valence-corrected chi connectivity index (χ4v) is 1.07. The number of halogens is 2. The maximum absolute atomic E-state index is 12.0. The van der Waals surface area contributed by atoms with Crippen molar-refractivity contribution >= 4 is 0 Å². The predicted octanol–water partition coefficient (Wildman–Crippen LogP) is 1.88. The quantitative estimate of drug-likeness (QED) is 0.814. The maximum atomic E-state index is 12.0. The average Bonchev–Trinajstić information content (AvgIpc) is 2.01. The zero-order chi connectivity index (χ0) is 10.8. The standard InChI is InChI=1S/C9H12F2N2O/c1-9(2,12)7-6(14-8(10)11)4-3-5-13-7/h3-5,8H,12H2,1-2H3. The molecule has 0 bridgehead atoms. The third-order valence-corrected chi connectivity index (χ3v) is 1.60. The van der Waals surface area contributed by atoms with E-state index >= 15 is 0 Å². The summed E-state index contributed by atoms with van der Waals surface area (Å²) in [5, 5.41) is 0. The van der Waals surface area contributed by atoms with Gasteiger partial charge in [-0.25, -0.2) is 0 Å². The molecular weight excluding hydrogens is 190 g/mol. The second-order valence-corrected chi connectivity index (χ2v) is 3.45. The Morgan fingerprint density at radius 3 is 2.64 bits per heavy atom. The third kappa shape index (κ3) is 2.63. The van der Waals surface area contributed by atoms with E-state index in [4.69, 9.17) is 5.73 Å². The van der Waals surface area contributed by atoms with Crippen LogP contribution in [0.15, 0.2) is 18.3 Å². The van der Waals surface area contributed by atoms with Crippen LogP contribution in [0, 0.1) is 0 Å². The summed E-state index contributed by atoms with van der Waals surface area (Å²) in [5.74, 6) is 0.0231. The number of pyridine rings is 1. The molecule has 0 fully saturated rings. The molecule has 1 rings (SSSR count). The topological polar surface area (TPSA) is 48.1 Å². The molecule has 0 radical (unpaired) electrons. The van der Waals surface area contributed by atoms with Gasteiger partial charge in [0, 0.05) is 6.20 Å². The SMILES string of the molecule is CC(C)(N)c1ncccc1OC(F)F. The van der Waals surface area contributed by atoms with Crippen molar-refractivity contribution in [2.24, 2.45) is 5.73 Å². The Balaban J connectivity index is 3.04. The number of alkyl halides is 2. The zero-order valence-electron chi connectivity index (χ0n) is 8.00. The molecule has 0 spiro atoms. The molecule has 0 saturated carbocycles. The number of nitrogens with zero attached hydrogens (tertiary/aromatic N) is 1. The summed E-state index contributed by atoms with van der Waals surface area (Å²) in [4.78, 5) is 3.92. The van der Waals surface area contributed by atoms with Gasteiger partial charge in [0.05, 0.1) is 5.54 Å². The van der Waals surface area contributed by atoms with Crippen molar-refractivity contribution in [2.45, 2.75) is 26.0 Å². The lowest BCUT2D eigenvalue weighted by atomic mass is 10.0. The van der Waals surface area contributed by atoms with Crippen LogP contribution in [0.3, 0.4) is 0 Å². The van der Waals surface area contributed by atoms with Crippen LogP contribution in [0.2, 0.25) is 0 Å². The molecule has 5 heteroatoms. The molecule has 0 saturated heterocycles. The number of aromatic nitrogens is 1. The first kappa shape index (κ1) is 10.8. The highest BCUT2D eigenvalue weighted by Crippen LogP contribution is 2.26. The molecule has 0 unspecified atom stereocenters. The first-order chi connectivity index (χ1) is 6.41. The second kappa shape index (κ2) is 3.88. The molecule has 1 aromatic rings. The fraction of sp³-hybridized carbons (Fsp3) is 0.444. The monoisotopic (exact) mass is 202 g/mol. The Kier molecular flexibility index (Phi) is 3.00. The van der Waals surface area contributed by atoms with Crippen molar-refractivity contribution in [3.8, 4) is 5.75 Å². The highest BCUT2D eigenvalue weighted by Gasteiger charge is 2.22. The predicted molar refractivity (Wildman–Crippen MR) is 48.1 cm³/mol. The summed E-state index contributed by atoms with van der Waals surface area (Å²) in [5.41, 5.74) is 5.27. The van der Waals surface area contributed by atoms with Crippen molar-refractivity contribution in [1.29, 1.82) is 0 Å². The van der Waals surface area contributed by atoms with E-state index in [2.05, 4.69) is 9.72 Å². The lowest BCUT2D eigenvalue weighted by Gasteiger charge is -2.20. The minimum atomic E-state index is -2.86. The smallest absolute Gasteiger partial charge is 0.387 e. The van der Waals surface area contributed by atoms with Gasteiger partial charge in [-0.05, 0) is 26.0 Å². The van der Waals surface area contributed by atoms with Gasteiger partial charge in [-0.3, -0.25) is 4.98 Å². The Bertz CT molecular complexity index is 310.